The maximum Gasteiger partial charge on any atom is 0.0721 e. The van der Waals surface area contributed by atoms with Gasteiger partial charge in [0.25, 0.3) is 0 Å². The quantitative estimate of drug-likeness (QED) is 0.816. The summed E-state index contributed by atoms with van der Waals surface area (Å²) in [7, 11) is 1.73. The Kier molecular flexibility index (Phi) is 6.49. The molecule has 1 aromatic rings. The summed E-state index contributed by atoms with van der Waals surface area (Å²) in [5.41, 5.74) is 4.01. The zero-order chi connectivity index (χ0) is 15.1. The zero-order valence-corrected chi connectivity index (χ0v) is 13.5. The molecule has 1 heterocycles. The second-order valence-electron chi connectivity index (χ2n) is 5.77. The van der Waals surface area contributed by atoms with Crippen LogP contribution in [-0.4, -0.2) is 46.1 Å². The first-order chi connectivity index (χ1) is 10.2. The van der Waals surface area contributed by atoms with E-state index in [1.54, 1.807) is 7.11 Å². The van der Waals surface area contributed by atoms with Crippen molar-refractivity contribution in [3.63, 3.8) is 0 Å². The van der Waals surface area contributed by atoms with Gasteiger partial charge in [-0.1, -0.05) is 12.1 Å². The molecule has 4 heteroatoms. The van der Waals surface area contributed by atoms with E-state index in [0.717, 1.165) is 45.8 Å². The molecule has 2 rings (SSSR count). The van der Waals surface area contributed by atoms with Gasteiger partial charge in [0.1, 0.15) is 0 Å². The summed E-state index contributed by atoms with van der Waals surface area (Å²) in [4.78, 5) is 2.45. The fourth-order valence-corrected chi connectivity index (χ4v) is 2.80. The Morgan fingerprint density at radius 2 is 2.29 bits per heavy atom. The SMILES string of the molecule is COCCNCc1ccc(N2CCCOC(C)C2)c(C)c1. The van der Waals surface area contributed by atoms with Crippen molar-refractivity contribution in [1.29, 1.82) is 0 Å². The Labute approximate surface area is 128 Å². The van der Waals surface area contributed by atoms with Crippen molar-refractivity contribution in [3.05, 3.63) is 29.3 Å². The van der Waals surface area contributed by atoms with Crippen LogP contribution in [0.2, 0.25) is 0 Å². The van der Waals surface area contributed by atoms with E-state index in [2.05, 4.69) is 42.3 Å². The Balaban J connectivity index is 1.97. The predicted molar refractivity (Wildman–Crippen MR) is 87.0 cm³/mol. The minimum absolute atomic E-state index is 0.308. The maximum atomic E-state index is 5.73. The first-order valence-electron chi connectivity index (χ1n) is 7.86. The molecule has 0 saturated carbocycles. The highest BCUT2D eigenvalue weighted by Crippen LogP contribution is 2.23. The molecule has 1 N–H and O–H groups in total. The van der Waals surface area contributed by atoms with Gasteiger partial charge in [-0.3, -0.25) is 0 Å². The number of methoxy groups -OCH3 is 1. The molecular weight excluding hydrogens is 264 g/mol. The molecule has 0 aromatic heterocycles. The maximum absolute atomic E-state index is 5.73. The minimum Gasteiger partial charge on any atom is -0.383 e. The number of nitrogens with one attached hydrogen (secondary N) is 1. The van der Waals surface area contributed by atoms with Gasteiger partial charge in [-0.2, -0.15) is 0 Å². The van der Waals surface area contributed by atoms with Gasteiger partial charge in [0.2, 0.25) is 0 Å². The normalized spacial score (nSPS) is 19.6. The molecule has 0 bridgehead atoms. The predicted octanol–water partition coefficient (Wildman–Crippen LogP) is 2.35. The lowest BCUT2D eigenvalue weighted by molar-refractivity contribution is 0.0821. The summed E-state index contributed by atoms with van der Waals surface area (Å²) in [6.07, 6.45) is 1.41. The topological polar surface area (TPSA) is 33.7 Å². The molecule has 1 fully saturated rings. The van der Waals surface area contributed by atoms with E-state index in [1.807, 2.05) is 0 Å². The average molecular weight is 292 g/mol. The first kappa shape index (κ1) is 16.3. The van der Waals surface area contributed by atoms with E-state index < -0.39 is 0 Å². The van der Waals surface area contributed by atoms with Crippen molar-refractivity contribution in [1.82, 2.24) is 5.32 Å². The molecule has 1 aromatic carbocycles. The molecular formula is C17H28N2O2. The number of nitrogens with zero attached hydrogens (tertiary/aromatic N) is 1. The number of ether oxygens (including phenoxy) is 2. The standard InChI is InChI=1S/C17H28N2O2/c1-14-11-16(12-18-7-10-20-3)5-6-17(14)19-8-4-9-21-15(2)13-19/h5-6,11,15,18H,4,7-10,12-13H2,1-3H3. The van der Waals surface area contributed by atoms with Crippen molar-refractivity contribution in [2.75, 3.05) is 44.9 Å². The lowest BCUT2D eigenvalue weighted by Gasteiger charge is -2.26. The second kappa shape index (κ2) is 8.37. The van der Waals surface area contributed by atoms with Gasteiger partial charge in [0.15, 0.2) is 0 Å². The van der Waals surface area contributed by atoms with E-state index in [1.165, 1.54) is 16.8 Å². The van der Waals surface area contributed by atoms with E-state index >= 15 is 0 Å². The number of aryl methyl sites for hydroxylation is 1. The van der Waals surface area contributed by atoms with Gasteiger partial charge < -0.3 is 19.7 Å². The Morgan fingerprint density at radius 3 is 3.05 bits per heavy atom. The summed E-state index contributed by atoms with van der Waals surface area (Å²) in [6, 6.07) is 6.75. The van der Waals surface area contributed by atoms with Crippen molar-refractivity contribution < 1.29 is 9.47 Å². The van der Waals surface area contributed by atoms with Crippen molar-refractivity contribution in [2.24, 2.45) is 0 Å². The van der Waals surface area contributed by atoms with E-state index in [-0.39, 0.29) is 0 Å². The van der Waals surface area contributed by atoms with Crippen molar-refractivity contribution in [2.45, 2.75) is 32.9 Å². The third kappa shape index (κ3) is 4.99. The highest BCUT2D eigenvalue weighted by atomic mass is 16.5. The van der Waals surface area contributed by atoms with Crippen LogP contribution in [0.15, 0.2) is 18.2 Å². The molecule has 21 heavy (non-hydrogen) atoms. The van der Waals surface area contributed by atoms with Crippen LogP contribution < -0.4 is 10.2 Å². The highest BCUT2D eigenvalue weighted by molar-refractivity contribution is 5.54. The van der Waals surface area contributed by atoms with Gasteiger partial charge in [-0.25, -0.2) is 0 Å². The zero-order valence-electron chi connectivity index (χ0n) is 13.5. The second-order valence-corrected chi connectivity index (χ2v) is 5.77. The van der Waals surface area contributed by atoms with Gasteiger partial charge in [0, 0.05) is 45.6 Å². The molecule has 4 nitrogen and oxygen atoms in total. The van der Waals surface area contributed by atoms with Crippen LogP contribution >= 0.6 is 0 Å². The molecule has 1 saturated heterocycles. The third-order valence-electron chi connectivity index (χ3n) is 3.87. The lowest BCUT2D eigenvalue weighted by atomic mass is 10.1. The average Bonchev–Trinajstić information content (AvgIpc) is 2.68. The summed E-state index contributed by atoms with van der Waals surface area (Å²) in [5, 5.41) is 3.39. The Hall–Kier alpha value is -1.10. The molecule has 1 aliphatic rings. The van der Waals surface area contributed by atoms with E-state index in [9.17, 15) is 0 Å². The largest absolute Gasteiger partial charge is 0.383 e. The number of benzene rings is 1. The molecule has 0 spiro atoms. The number of anilines is 1. The Morgan fingerprint density at radius 1 is 1.43 bits per heavy atom. The van der Waals surface area contributed by atoms with E-state index in [0.29, 0.717) is 6.10 Å². The number of hydrogen-bond donors (Lipinski definition) is 1. The molecule has 0 amide bonds. The van der Waals surface area contributed by atoms with Crippen LogP contribution in [0.3, 0.4) is 0 Å². The molecule has 0 radical (unpaired) electrons. The minimum atomic E-state index is 0.308. The third-order valence-corrected chi connectivity index (χ3v) is 3.87. The summed E-state index contributed by atoms with van der Waals surface area (Å²) in [6.45, 7) is 9.82. The molecule has 118 valence electrons. The van der Waals surface area contributed by atoms with Crippen LogP contribution in [0.25, 0.3) is 0 Å². The summed E-state index contributed by atoms with van der Waals surface area (Å²) in [5.74, 6) is 0. The van der Waals surface area contributed by atoms with Crippen LogP contribution in [0.1, 0.15) is 24.5 Å². The van der Waals surface area contributed by atoms with Gasteiger partial charge >= 0.3 is 0 Å². The van der Waals surface area contributed by atoms with Gasteiger partial charge in [-0.05, 0) is 37.5 Å². The molecule has 0 aliphatic carbocycles. The fourth-order valence-electron chi connectivity index (χ4n) is 2.80. The van der Waals surface area contributed by atoms with Crippen molar-refractivity contribution in [3.8, 4) is 0 Å². The lowest BCUT2D eigenvalue weighted by Crippen LogP contribution is -2.30. The van der Waals surface area contributed by atoms with Gasteiger partial charge in [0.05, 0.1) is 12.7 Å². The van der Waals surface area contributed by atoms with Crippen LogP contribution in [0, 0.1) is 6.92 Å². The van der Waals surface area contributed by atoms with Gasteiger partial charge in [-0.15, -0.1) is 0 Å². The number of rotatable bonds is 6. The summed E-state index contributed by atoms with van der Waals surface area (Å²) >= 11 is 0. The molecule has 1 aliphatic heterocycles. The smallest absolute Gasteiger partial charge is 0.0721 e. The number of hydrogen-bond acceptors (Lipinski definition) is 4. The van der Waals surface area contributed by atoms with Crippen LogP contribution in [0.5, 0.6) is 0 Å². The summed E-state index contributed by atoms with van der Waals surface area (Å²) < 4.78 is 10.8. The molecule has 1 atom stereocenters. The monoisotopic (exact) mass is 292 g/mol. The Bertz CT molecular complexity index is 437. The highest BCUT2D eigenvalue weighted by Gasteiger charge is 2.16. The van der Waals surface area contributed by atoms with E-state index in [4.69, 9.17) is 9.47 Å². The van der Waals surface area contributed by atoms with Crippen LogP contribution in [0.4, 0.5) is 5.69 Å². The van der Waals surface area contributed by atoms with Crippen LogP contribution in [-0.2, 0) is 16.0 Å². The van der Waals surface area contributed by atoms with Crippen molar-refractivity contribution >= 4 is 5.69 Å². The fraction of sp³-hybridized carbons (Fsp3) is 0.647. The first-order valence-corrected chi connectivity index (χ1v) is 7.86. The molecule has 1 unspecified atom stereocenters.